The third-order valence-electron chi connectivity index (χ3n) is 3.13. The first-order chi connectivity index (χ1) is 10.3. The van der Waals surface area contributed by atoms with Gasteiger partial charge in [0.1, 0.15) is 0 Å². The first-order valence-corrected chi connectivity index (χ1v) is 7.62. The number of rotatable bonds is 3. The van der Waals surface area contributed by atoms with Crippen LogP contribution in [0.25, 0.3) is 20.5 Å². The zero-order valence-electron chi connectivity index (χ0n) is 11.6. The van der Waals surface area contributed by atoms with Gasteiger partial charge in [0.05, 0.1) is 17.2 Å². The molecule has 21 heavy (non-hydrogen) atoms. The Morgan fingerprint density at radius 3 is 2.57 bits per heavy atom. The highest BCUT2D eigenvalue weighted by atomic mass is 32.1. The van der Waals surface area contributed by atoms with E-state index in [2.05, 4.69) is 11.4 Å². The van der Waals surface area contributed by atoms with E-state index in [9.17, 15) is 4.79 Å². The normalized spacial score (nSPS) is 10.5. The second-order valence-electron chi connectivity index (χ2n) is 4.51. The second-order valence-corrected chi connectivity index (χ2v) is 5.57. The number of thiophene rings is 1. The Morgan fingerprint density at radius 2 is 1.81 bits per heavy atom. The topological polar surface area (TPSA) is 38.3 Å². The number of amides is 1. The molecule has 0 radical (unpaired) electrons. The number of carbonyl (C=O) groups is 1. The van der Waals surface area contributed by atoms with Gasteiger partial charge in [0.15, 0.2) is 0 Å². The number of carbonyl (C=O) groups excluding carboxylic acids is 1. The monoisotopic (exact) mass is 297 g/mol. The molecule has 0 aliphatic carbocycles. The summed E-state index contributed by atoms with van der Waals surface area (Å²) in [4.78, 5) is 12.9. The van der Waals surface area contributed by atoms with Gasteiger partial charge in [0.25, 0.3) is 0 Å². The number of nitrogens with one attached hydrogen (secondary N) is 1. The van der Waals surface area contributed by atoms with Crippen molar-refractivity contribution in [1.29, 1.82) is 0 Å². The van der Waals surface area contributed by atoms with E-state index >= 15 is 0 Å². The molecule has 0 atom stereocenters. The third kappa shape index (κ3) is 2.76. The van der Waals surface area contributed by atoms with Gasteiger partial charge >= 0.3 is 6.09 Å². The van der Waals surface area contributed by atoms with E-state index in [1.54, 1.807) is 18.3 Å². The van der Waals surface area contributed by atoms with Crippen LogP contribution in [0, 0.1) is 0 Å². The van der Waals surface area contributed by atoms with Crippen molar-refractivity contribution in [2.24, 2.45) is 0 Å². The first kappa shape index (κ1) is 13.6. The Labute approximate surface area is 127 Å². The van der Waals surface area contributed by atoms with Crippen molar-refractivity contribution in [1.82, 2.24) is 0 Å². The maximum atomic E-state index is 11.8. The van der Waals surface area contributed by atoms with Crippen LogP contribution in [0.3, 0.4) is 0 Å². The Bertz CT molecular complexity index is 765. The molecule has 1 N–H and O–H groups in total. The van der Waals surface area contributed by atoms with Crippen molar-refractivity contribution >= 4 is 33.2 Å². The minimum Gasteiger partial charge on any atom is -0.450 e. The van der Waals surface area contributed by atoms with Crippen molar-refractivity contribution in [3.05, 3.63) is 54.6 Å². The predicted molar refractivity (Wildman–Crippen MR) is 87.9 cm³/mol. The molecule has 3 rings (SSSR count). The molecule has 0 aliphatic rings. The third-order valence-corrected chi connectivity index (χ3v) is 4.35. The SMILES string of the molecule is CCOC(=O)Nc1c(-c2ccccc2)sc2ccccc12. The lowest BCUT2D eigenvalue weighted by molar-refractivity contribution is 0.168. The van der Waals surface area contributed by atoms with Crippen LogP contribution in [0.4, 0.5) is 10.5 Å². The molecule has 0 saturated heterocycles. The van der Waals surface area contributed by atoms with E-state index in [0.29, 0.717) is 6.61 Å². The summed E-state index contributed by atoms with van der Waals surface area (Å²) >= 11 is 1.67. The lowest BCUT2D eigenvalue weighted by Gasteiger charge is -2.07. The van der Waals surface area contributed by atoms with Crippen LogP contribution < -0.4 is 5.32 Å². The van der Waals surface area contributed by atoms with Crippen LogP contribution in [0.1, 0.15) is 6.92 Å². The zero-order chi connectivity index (χ0) is 14.7. The second kappa shape index (κ2) is 5.97. The van der Waals surface area contributed by atoms with Crippen LogP contribution >= 0.6 is 11.3 Å². The maximum Gasteiger partial charge on any atom is 0.411 e. The Kier molecular flexibility index (Phi) is 3.88. The van der Waals surface area contributed by atoms with E-state index in [-0.39, 0.29) is 0 Å². The summed E-state index contributed by atoms with van der Waals surface area (Å²) in [5.41, 5.74) is 1.91. The fourth-order valence-electron chi connectivity index (χ4n) is 2.23. The van der Waals surface area contributed by atoms with Crippen LogP contribution in [0.2, 0.25) is 0 Å². The fourth-order valence-corrected chi connectivity index (χ4v) is 3.40. The molecule has 1 amide bonds. The van der Waals surface area contributed by atoms with Gasteiger partial charge in [-0.15, -0.1) is 11.3 Å². The smallest absolute Gasteiger partial charge is 0.411 e. The summed E-state index contributed by atoms with van der Waals surface area (Å²) < 4.78 is 6.15. The van der Waals surface area contributed by atoms with Gasteiger partial charge in [-0.25, -0.2) is 4.79 Å². The molecule has 0 aliphatic heterocycles. The molecule has 1 aromatic heterocycles. The molecule has 0 spiro atoms. The molecule has 1 heterocycles. The fraction of sp³-hybridized carbons (Fsp3) is 0.118. The number of benzene rings is 2. The van der Waals surface area contributed by atoms with Gasteiger partial charge in [-0.05, 0) is 18.6 Å². The first-order valence-electron chi connectivity index (χ1n) is 6.80. The highest BCUT2D eigenvalue weighted by Gasteiger charge is 2.16. The van der Waals surface area contributed by atoms with Crippen molar-refractivity contribution in [2.45, 2.75) is 6.92 Å². The van der Waals surface area contributed by atoms with Crippen LogP contribution in [0.15, 0.2) is 54.6 Å². The van der Waals surface area contributed by atoms with Gasteiger partial charge in [-0.3, -0.25) is 5.32 Å². The molecular weight excluding hydrogens is 282 g/mol. The molecule has 0 unspecified atom stereocenters. The Balaban J connectivity index is 2.12. The average molecular weight is 297 g/mol. The molecular formula is C17H15NO2S. The lowest BCUT2D eigenvalue weighted by Crippen LogP contribution is -2.13. The highest BCUT2D eigenvalue weighted by Crippen LogP contribution is 2.42. The van der Waals surface area contributed by atoms with Gasteiger partial charge < -0.3 is 4.74 Å². The van der Waals surface area contributed by atoms with E-state index in [4.69, 9.17) is 4.74 Å². The molecule has 3 nitrogen and oxygen atoms in total. The average Bonchev–Trinajstić information content (AvgIpc) is 2.87. The summed E-state index contributed by atoms with van der Waals surface area (Å²) in [5.74, 6) is 0. The van der Waals surface area contributed by atoms with Crippen LogP contribution in [-0.4, -0.2) is 12.7 Å². The summed E-state index contributed by atoms with van der Waals surface area (Å²) in [6.45, 7) is 2.15. The minimum atomic E-state index is -0.418. The van der Waals surface area contributed by atoms with Gasteiger partial charge in [-0.1, -0.05) is 48.5 Å². The van der Waals surface area contributed by atoms with Gasteiger partial charge in [0, 0.05) is 10.1 Å². The lowest BCUT2D eigenvalue weighted by atomic mass is 10.1. The van der Waals surface area contributed by atoms with Crippen molar-refractivity contribution in [3.8, 4) is 10.4 Å². The number of hydrogen-bond donors (Lipinski definition) is 1. The molecule has 0 saturated carbocycles. The molecule has 106 valence electrons. The van der Waals surface area contributed by atoms with Crippen molar-refractivity contribution < 1.29 is 9.53 Å². The number of anilines is 1. The summed E-state index contributed by atoms with van der Waals surface area (Å²) in [6.07, 6.45) is -0.418. The van der Waals surface area contributed by atoms with Crippen LogP contribution in [-0.2, 0) is 4.74 Å². The summed E-state index contributed by atoms with van der Waals surface area (Å²) in [6, 6.07) is 18.1. The van der Waals surface area contributed by atoms with E-state index < -0.39 is 6.09 Å². The molecule has 4 heteroatoms. The highest BCUT2D eigenvalue weighted by molar-refractivity contribution is 7.23. The molecule has 0 bridgehead atoms. The van der Waals surface area contributed by atoms with Gasteiger partial charge in [-0.2, -0.15) is 0 Å². The minimum absolute atomic E-state index is 0.356. The molecule has 3 aromatic rings. The Hall–Kier alpha value is -2.33. The molecule has 2 aromatic carbocycles. The van der Waals surface area contributed by atoms with E-state index in [0.717, 1.165) is 26.2 Å². The largest absolute Gasteiger partial charge is 0.450 e. The maximum absolute atomic E-state index is 11.8. The summed E-state index contributed by atoms with van der Waals surface area (Å²) in [7, 11) is 0. The zero-order valence-corrected chi connectivity index (χ0v) is 12.4. The van der Waals surface area contributed by atoms with Crippen molar-refractivity contribution in [2.75, 3.05) is 11.9 Å². The van der Waals surface area contributed by atoms with Crippen LogP contribution in [0.5, 0.6) is 0 Å². The summed E-state index contributed by atoms with van der Waals surface area (Å²) in [5, 5.41) is 3.92. The number of ether oxygens (including phenoxy) is 1. The quantitative estimate of drug-likeness (QED) is 0.727. The predicted octanol–water partition coefficient (Wildman–Crippen LogP) is 5.14. The van der Waals surface area contributed by atoms with E-state index in [1.807, 2.05) is 48.5 Å². The Morgan fingerprint density at radius 1 is 1.10 bits per heavy atom. The molecule has 0 fully saturated rings. The van der Waals surface area contributed by atoms with Gasteiger partial charge in [0.2, 0.25) is 0 Å². The van der Waals surface area contributed by atoms with Crippen molar-refractivity contribution in [3.63, 3.8) is 0 Å². The van der Waals surface area contributed by atoms with E-state index in [1.165, 1.54) is 0 Å². The number of hydrogen-bond acceptors (Lipinski definition) is 3. The number of fused-ring (bicyclic) bond motifs is 1. The standard InChI is InChI=1S/C17H15NO2S/c1-2-20-17(19)18-15-13-10-6-7-11-14(13)21-16(15)12-8-4-3-5-9-12/h3-11H,2H2,1H3,(H,18,19).